The van der Waals surface area contributed by atoms with Gasteiger partial charge in [0.1, 0.15) is 18.1 Å². The molecule has 1 saturated heterocycles. The van der Waals surface area contributed by atoms with E-state index in [1.54, 1.807) is 32.9 Å². The first kappa shape index (κ1) is 15.6. The summed E-state index contributed by atoms with van der Waals surface area (Å²) in [5, 5.41) is 23.0. The number of nitrogens with one attached hydrogen (secondary N) is 1. The Kier molecular flexibility index (Phi) is 4.39. The van der Waals surface area contributed by atoms with Crippen LogP contribution in [-0.2, 0) is 4.74 Å². The van der Waals surface area contributed by atoms with Gasteiger partial charge in [0.2, 0.25) is 0 Å². The van der Waals surface area contributed by atoms with Crippen LogP contribution in [0.4, 0.5) is 10.5 Å². The van der Waals surface area contributed by atoms with Crippen LogP contribution in [0.15, 0.2) is 30.3 Å². The van der Waals surface area contributed by atoms with Gasteiger partial charge in [0.05, 0.1) is 6.04 Å². The van der Waals surface area contributed by atoms with Crippen molar-refractivity contribution in [2.45, 2.75) is 51.3 Å². The van der Waals surface area contributed by atoms with E-state index in [1.807, 2.05) is 18.2 Å². The zero-order valence-electron chi connectivity index (χ0n) is 12.5. The van der Waals surface area contributed by atoms with E-state index in [0.717, 1.165) is 0 Å². The summed E-state index contributed by atoms with van der Waals surface area (Å²) in [7, 11) is 0. The van der Waals surface area contributed by atoms with Gasteiger partial charge in [-0.15, -0.1) is 0 Å². The summed E-state index contributed by atoms with van der Waals surface area (Å²) < 4.78 is 5.16. The number of carbonyl (C=O) groups is 1. The lowest BCUT2D eigenvalue weighted by Gasteiger charge is -2.28. The lowest BCUT2D eigenvalue weighted by atomic mass is 10.2. The fourth-order valence-electron chi connectivity index (χ4n) is 2.35. The predicted molar refractivity (Wildman–Crippen MR) is 78.7 cm³/mol. The van der Waals surface area contributed by atoms with Gasteiger partial charge in [-0.05, 0) is 32.9 Å². The van der Waals surface area contributed by atoms with Crippen LogP contribution in [0.5, 0.6) is 0 Å². The summed E-state index contributed by atoms with van der Waals surface area (Å²) in [5.74, 6) is 0. The molecule has 6 heteroatoms. The molecule has 2 rings (SSSR count). The van der Waals surface area contributed by atoms with E-state index in [2.05, 4.69) is 5.32 Å². The van der Waals surface area contributed by atoms with Gasteiger partial charge in [-0.25, -0.2) is 4.79 Å². The Morgan fingerprint density at radius 1 is 1.29 bits per heavy atom. The number of nitrogens with zero attached hydrogens (tertiary/aromatic N) is 1. The summed E-state index contributed by atoms with van der Waals surface area (Å²) in [6, 6.07) is 8.50. The third kappa shape index (κ3) is 3.86. The second-order valence-electron chi connectivity index (χ2n) is 6.13. The third-order valence-electron chi connectivity index (χ3n) is 3.19. The highest BCUT2D eigenvalue weighted by Crippen LogP contribution is 2.28. The van der Waals surface area contributed by atoms with Gasteiger partial charge in [0, 0.05) is 12.1 Å². The van der Waals surface area contributed by atoms with Crippen LogP contribution in [0.25, 0.3) is 0 Å². The van der Waals surface area contributed by atoms with Gasteiger partial charge >= 0.3 is 6.09 Å². The van der Waals surface area contributed by atoms with E-state index in [1.165, 1.54) is 4.90 Å². The van der Waals surface area contributed by atoms with Crippen LogP contribution >= 0.6 is 0 Å². The Morgan fingerprint density at radius 2 is 1.90 bits per heavy atom. The molecule has 1 aromatic carbocycles. The molecule has 1 aliphatic heterocycles. The first-order chi connectivity index (χ1) is 9.78. The fourth-order valence-corrected chi connectivity index (χ4v) is 2.35. The van der Waals surface area contributed by atoms with Crippen molar-refractivity contribution in [3.63, 3.8) is 0 Å². The van der Waals surface area contributed by atoms with Crippen LogP contribution < -0.4 is 10.2 Å². The lowest BCUT2D eigenvalue weighted by molar-refractivity contribution is 0.0451. The molecule has 3 atom stereocenters. The normalized spacial score (nSPS) is 25.8. The van der Waals surface area contributed by atoms with Crippen molar-refractivity contribution in [3.05, 3.63) is 30.3 Å². The number of carbonyl (C=O) groups excluding carboxylic acids is 1. The van der Waals surface area contributed by atoms with Crippen LogP contribution in [-0.4, -0.2) is 40.4 Å². The van der Waals surface area contributed by atoms with Crippen molar-refractivity contribution >= 4 is 11.8 Å². The first-order valence-corrected chi connectivity index (χ1v) is 6.97. The molecule has 3 unspecified atom stereocenters. The number of hydrogen-bond acceptors (Lipinski definition) is 5. The number of hydrogen-bond donors (Lipinski definition) is 3. The molecule has 1 fully saturated rings. The second-order valence-corrected chi connectivity index (χ2v) is 6.13. The number of para-hydroxylation sites is 1. The van der Waals surface area contributed by atoms with Crippen molar-refractivity contribution in [1.82, 2.24) is 5.32 Å². The zero-order chi connectivity index (χ0) is 15.6. The van der Waals surface area contributed by atoms with E-state index < -0.39 is 30.2 Å². The van der Waals surface area contributed by atoms with Crippen LogP contribution in [0.2, 0.25) is 0 Å². The Balaban J connectivity index is 2.03. The molecule has 0 bridgehead atoms. The van der Waals surface area contributed by atoms with Crippen molar-refractivity contribution < 1.29 is 19.7 Å². The van der Waals surface area contributed by atoms with Gasteiger partial charge in [-0.2, -0.15) is 0 Å². The van der Waals surface area contributed by atoms with Gasteiger partial charge in [-0.3, -0.25) is 0 Å². The molecule has 0 spiro atoms. The second kappa shape index (κ2) is 5.91. The number of aliphatic hydroxyl groups is 2. The maximum atomic E-state index is 11.8. The molecule has 0 saturated carbocycles. The van der Waals surface area contributed by atoms with Crippen molar-refractivity contribution in [3.8, 4) is 0 Å². The van der Waals surface area contributed by atoms with Crippen molar-refractivity contribution in [2.24, 2.45) is 0 Å². The minimum atomic E-state index is -1.00. The molecule has 1 aromatic rings. The molecule has 0 aromatic heterocycles. The minimum Gasteiger partial charge on any atom is -0.444 e. The first-order valence-electron chi connectivity index (χ1n) is 6.97. The summed E-state index contributed by atoms with van der Waals surface area (Å²) in [4.78, 5) is 13.2. The number of aliphatic hydroxyl groups excluding tert-OH is 2. The Labute approximate surface area is 124 Å². The summed E-state index contributed by atoms with van der Waals surface area (Å²) >= 11 is 0. The van der Waals surface area contributed by atoms with Gasteiger partial charge in [0.15, 0.2) is 0 Å². The molecule has 3 N–H and O–H groups in total. The van der Waals surface area contributed by atoms with Crippen LogP contribution in [0, 0.1) is 0 Å². The quantitative estimate of drug-likeness (QED) is 0.768. The molecule has 116 valence electrons. The lowest BCUT2D eigenvalue weighted by Crippen LogP contribution is -2.47. The maximum absolute atomic E-state index is 11.8. The van der Waals surface area contributed by atoms with E-state index in [9.17, 15) is 15.0 Å². The highest BCUT2D eigenvalue weighted by atomic mass is 16.6. The molecule has 1 heterocycles. The Bertz CT molecular complexity index is 486. The minimum absolute atomic E-state index is 0.231. The SMILES string of the molecule is CC(C)(C)OC(=O)NC1CC(O)N(c2ccccc2)C1O. The summed E-state index contributed by atoms with van der Waals surface area (Å²) in [6.45, 7) is 5.30. The van der Waals surface area contributed by atoms with Gasteiger partial charge in [0.25, 0.3) is 0 Å². The monoisotopic (exact) mass is 294 g/mol. The van der Waals surface area contributed by atoms with Crippen molar-refractivity contribution in [2.75, 3.05) is 4.90 Å². The Hall–Kier alpha value is -1.79. The predicted octanol–water partition coefficient (Wildman–Crippen LogP) is 1.43. The highest BCUT2D eigenvalue weighted by Gasteiger charge is 2.40. The average molecular weight is 294 g/mol. The van der Waals surface area contributed by atoms with E-state index in [4.69, 9.17) is 4.74 Å². The standard InChI is InChI=1S/C15H22N2O4/c1-15(2,3)21-14(20)16-11-9-12(18)17(13(11)19)10-7-5-4-6-8-10/h4-8,11-13,18-19H,9H2,1-3H3,(H,16,20). The largest absolute Gasteiger partial charge is 0.444 e. The van der Waals surface area contributed by atoms with E-state index in [-0.39, 0.29) is 6.42 Å². The molecule has 1 amide bonds. The van der Waals surface area contributed by atoms with Crippen molar-refractivity contribution in [1.29, 1.82) is 0 Å². The smallest absolute Gasteiger partial charge is 0.408 e. The average Bonchev–Trinajstić information content (AvgIpc) is 2.63. The van der Waals surface area contributed by atoms with Gasteiger partial charge in [-0.1, -0.05) is 18.2 Å². The number of amides is 1. The topological polar surface area (TPSA) is 82.0 Å². The number of anilines is 1. The van der Waals surface area contributed by atoms with E-state index in [0.29, 0.717) is 5.69 Å². The number of ether oxygens (including phenoxy) is 1. The number of benzene rings is 1. The molecule has 1 aliphatic rings. The van der Waals surface area contributed by atoms with Crippen LogP contribution in [0.3, 0.4) is 0 Å². The summed E-state index contributed by atoms with van der Waals surface area (Å²) in [5.41, 5.74) is 0.0942. The van der Waals surface area contributed by atoms with E-state index >= 15 is 0 Å². The molecular formula is C15H22N2O4. The number of alkyl carbamates (subject to hydrolysis) is 1. The van der Waals surface area contributed by atoms with Crippen LogP contribution in [0.1, 0.15) is 27.2 Å². The number of rotatable bonds is 2. The molecule has 0 aliphatic carbocycles. The highest BCUT2D eigenvalue weighted by molar-refractivity contribution is 5.68. The molecular weight excluding hydrogens is 272 g/mol. The molecule has 21 heavy (non-hydrogen) atoms. The third-order valence-corrected chi connectivity index (χ3v) is 3.19. The summed E-state index contributed by atoms with van der Waals surface area (Å²) in [6.07, 6.45) is -2.24. The fraction of sp³-hybridized carbons (Fsp3) is 0.533. The Morgan fingerprint density at radius 3 is 2.48 bits per heavy atom. The van der Waals surface area contributed by atoms with Gasteiger partial charge < -0.3 is 25.2 Å². The zero-order valence-corrected chi connectivity index (χ0v) is 12.5. The molecule has 0 radical (unpaired) electrons. The maximum Gasteiger partial charge on any atom is 0.408 e. The molecule has 6 nitrogen and oxygen atoms in total.